The molecular weight excluding hydrogens is 235 g/mol. The van der Waals surface area contributed by atoms with E-state index >= 15 is 0 Å². The molecule has 0 atom stereocenters. The molecule has 0 aliphatic heterocycles. The third-order valence-electron chi connectivity index (χ3n) is 2.10. The zero-order chi connectivity index (χ0) is 12.5. The van der Waals surface area contributed by atoms with E-state index in [1.54, 1.807) is 12.1 Å². The Balaban J connectivity index is 2.37. The van der Waals surface area contributed by atoms with Crippen molar-refractivity contribution in [2.45, 2.75) is 12.8 Å². The number of aliphatic hydroxyl groups excluding tert-OH is 1. The fourth-order valence-corrected chi connectivity index (χ4v) is 1.28. The molecule has 0 unspecified atom stereocenters. The minimum atomic E-state index is -4.42. The first-order chi connectivity index (χ1) is 8.00. The second-order valence-corrected chi connectivity index (χ2v) is 3.32. The first kappa shape index (κ1) is 11.6. The minimum Gasteiger partial charge on any atom is -0.390 e. The van der Waals surface area contributed by atoms with E-state index in [0.29, 0.717) is 5.69 Å². The van der Waals surface area contributed by atoms with Crippen LogP contribution in [0.2, 0.25) is 0 Å². The van der Waals surface area contributed by atoms with Crippen molar-refractivity contribution in [2.75, 3.05) is 0 Å². The lowest BCUT2D eigenvalue weighted by molar-refractivity contribution is -0.137. The van der Waals surface area contributed by atoms with Gasteiger partial charge < -0.3 is 5.11 Å². The van der Waals surface area contributed by atoms with Gasteiger partial charge in [-0.15, -0.1) is 0 Å². The summed E-state index contributed by atoms with van der Waals surface area (Å²) in [7, 11) is 0. The van der Waals surface area contributed by atoms with Gasteiger partial charge in [0, 0.05) is 6.20 Å². The smallest absolute Gasteiger partial charge is 0.390 e. The first-order valence-electron chi connectivity index (χ1n) is 4.70. The quantitative estimate of drug-likeness (QED) is 0.874. The van der Waals surface area contributed by atoms with Gasteiger partial charge in [0.2, 0.25) is 0 Å². The summed E-state index contributed by atoms with van der Waals surface area (Å²) >= 11 is 0. The molecule has 0 saturated heterocycles. The van der Waals surface area contributed by atoms with Crippen molar-refractivity contribution >= 4 is 0 Å². The van der Waals surface area contributed by atoms with Crippen LogP contribution in [0.3, 0.4) is 0 Å². The third kappa shape index (κ3) is 2.44. The summed E-state index contributed by atoms with van der Waals surface area (Å²) in [5, 5.41) is 12.5. The molecule has 2 heterocycles. The van der Waals surface area contributed by atoms with Crippen LogP contribution in [-0.2, 0) is 12.8 Å². The van der Waals surface area contributed by atoms with Crippen LogP contribution < -0.4 is 0 Å². The number of aliphatic hydroxyl groups is 1. The van der Waals surface area contributed by atoms with Crippen LogP contribution in [0.15, 0.2) is 30.6 Å². The van der Waals surface area contributed by atoms with Gasteiger partial charge in [-0.2, -0.15) is 18.3 Å². The fraction of sp³-hybridized carbons (Fsp3) is 0.200. The zero-order valence-corrected chi connectivity index (χ0v) is 8.52. The zero-order valence-electron chi connectivity index (χ0n) is 8.52. The van der Waals surface area contributed by atoms with Crippen LogP contribution in [0.4, 0.5) is 13.2 Å². The van der Waals surface area contributed by atoms with Crippen molar-refractivity contribution in [3.05, 3.63) is 41.9 Å². The molecule has 2 aromatic rings. The first-order valence-corrected chi connectivity index (χ1v) is 4.70. The average molecular weight is 243 g/mol. The van der Waals surface area contributed by atoms with Crippen LogP contribution >= 0.6 is 0 Å². The van der Waals surface area contributed by atoms with Crippen molar-refractivity contribution < 1.29 is 18.3 Å². The van der Waals surface area contributed by atoms with E-state index in [1.807, 2.05) is 0 Å². The Morgan fingerprint density at radius 3 is 2.65 bits per heavy atom. The predicted octanol–water partition coefficient (Wildman–Crippen LogP) is 1.78. The van der Waals surface area contributed by atoms with Gasteiger partial charge in [-0.1, -0.05) is 6.07 Å². The molecule has 0 fully saturated rings. The second kappa shape index (κ2) is 4.17. The highest BCUT2D eigenvalue weighted by atomic mass is 19.4. The topological polar surface area (TPSA) is 50.9 Å². The van der Waals surface area contributed by atoms with E-state index in [4.69, 9.17) is 5.11 Å². The molecule has 2 rings (SSSR count). The normalized spacial score (nSPS) is 11.8. The molecule has 17 heavy (non-hydrogen) atoms. The summed E-state index contributed by atoms with van der Waals surface area (Å²) in [6.45, 7) is -0.277. The lowest BCUT2D eigenvalue weighted by Gasteiger charge is -2.03. The van der Waals surface area contributed by atoms with Crippen molar-refractivity contribution in [1.82, 2.24) is 14.8 Å². The second-order valence-electron chi connectivity index (χ2n) is 3.32. The van der Waals surface area contributed by atoms with E-state index in [1.165, 1.54) is 6.07 Å². The van der Waals surface area contributed by atoms with Crippen LogP contribution in [-0.4, -0.2) is 19.9 Å². The van der Waals surface area contributed by atoms with Crippen molar-refractivity contribution in [2.24, 2.45) is 0 Å². The van der Waals surface area contributed by atoms with Gasteiger partial charge >= 0.3 is 6.18 Å². The molecule has 90 valence electrons. The summed E-state index contributed by atoms with van der Waals surface area (Å²) in [4.78, 5) is 3.94. The van der Waals surface area contributed by atoms with Crippen molar-refractivity contribution in [3.63, 3.8) is 0 Å². The Hall–Kier alpha value is -1.89. The Labute approximate surface area is 94.3 Å². The van der Waals surface area contributed by atoms with Gasteiger partial charge in [0.05, 0.1) is 24.1 Å². The SMILES string of the molecule is OCc1cccc(-n2cc(C(F)(F)F)cn2)n1. The number of aromatic nitrogens is 3. The molecule has 2 aromatic heterocycles. The van der Waals surface area contributed by atoms with Gasteiger partial charge in [0.25, 0.3) is 0 Å². The van der Waals surface area contributed by atoms with Crippen LogP contribution in [0.1, 0.15) is 11.3 Å². The molecule has 0 saturated carbocycles. The highest BCUT2D eigenvalue weighted by Crippen LogP contribution is 2.28. The van der Waals surface area contributed by atoms with Gasteiger partial charge in [-0.05, 0) is 12.1 Å². The molecule has 7 heteroatoms. The Morgan fingerprint density at radius 1 is 1.29 bits per heavy atom. The van der Waals surface area contributed by atoms with Gasteiger partial charge in [-0.25, -0.2) is 9.67 Å². The fourth-order valence-electron chi connectivity index (χ4n) is 1.28. The van der Waals surface area contributed by atoms with Crippen molar-refractivity contribution in [3.8, 4) is 5.82 Å². The average Bonchev–Trinajstić information content (AvgIpc) is 2.78. The molecule has 0 aliphatic rings. The van der Waals surface area contributed by atoms with E-state index in [0.717, 1.165) is 17.1 Å². The summed E-state index contributed by atoms with van der Waals surface area (Å²) in [6, 6.07) is 4.66. The molecule has 0 aliphatic carbocycles. The van der Waals surface area contributed by atoms with E-state index in [-0.39, 0.29) is 12.4 Å². The van der Waals surface area contributed by atoms with Gasteiger partial charge in [-0.3, -0.25) is 0 Å². The molecular formula is C10H8F3N3O. The summed E-state index contributed by atoms with van der Waals surface area (Å²) < 4.78 is 38.1. The molecule has 0 spiro atoms. The lowest BCUT2D eigenvalue weighted by atomic mass is 10.3. The maximum atomic E-state index is 12.3. The Kier molecular flexibility index (Phi) is 2.84. The molecule has 0 aromatic carbocycles. The molecule has 0 radical (unpaired) electrons. The minimum absolute atomic E-state index is 0.229. The molecule has 1 N–H and O–H groups in total. The van der Waals surface area contributed by atoms with Crippen LogP contribution in [0.5, 0.6) is 0 Å². The number of nitrogens with zero attached hydrogens (tertiary/aromatic N) is 3. The standard InChI is InChI=1S/C10H8F3N3O/c11-10(12,13)7-4-14-16(5-7)9-3-1-2-8(6-17)15-9/h1-5,17H,6H2. The van der Waals surface area contributed by atoms with Gasteiger partial charge in [0.15, 0.2) is 5.82 Å². The maximum Gasteiger partial charge on any atom is 0.419 e. The summed E-state index contributed by atoms with van der Waals surface area (Å²) in [5.41, 5.74) is -0.472. The Bertz CT molecular complexity index is 522. The Morgan fingerprint density at radius 2 is 2.06 bits per heavy atom. The van der Waals surface area contributed by atoms with Gasteiger partial charge in [0.1, 0.15) is 0 Å². The van der Waals surface area contributed by atoms with Crippen LogP contribution in [0.25, 0.3) is 5.82 Å². The number of alkyl halides is 3. The third-order valence-corrected chi connectivity index (χ3v) is 2.10. The number of hydrogen-bond donors (Lipinski definition) is 1. The van der Waals surface area contributed by atoms with Crippen LogP contribution in [0, 0.1) is 0 Å². The predicted molar refractivity (Wildman–Crippen MR) is 52.3 cm³/mol. The summed E-state index contributed by atoms with van der Waals surface area (Å²) in [5.74, 6) is 0.229. The van der Waals surface area contributed by atoms with E-state index < -0.39 is 11.7 Å². The highest BCUT2D eigenvalue weighted by Gasteiger charge is 2.32. The molecule has 0 amide bonds. The number of hydrogen-bond acceptors (Lipinski definition) is 3. The highest BCUT2D eigenvalue weighted by molar-refractivity contribution is 5.25. The lowest BCUT2D eigenvalue weighted by Crippen LogP contribution is -2.04. The maximum absolute atomic E-state index is 12.3. The van der Waals surface area contributed by atoms with Crippen molar-refractivity contribution in [1.29, 1.82) is 0 Å². The molecule has 0 bridgehead atoms. The largest absolute Gasteiger partial charge is 0.419 e. The number of rotatable bonds is 2. The van der Waals surface area contributed by atoms with E-state index in [2.05, 4.69) is 10.1 Å². The van der Waals surface area contributed by atoms with E-state index in [9.17, 15) is 13.2 Å². The molecule has 4 nitrogen and oxygen atoms in total. The summed E-state index contributed by atoms with van der Waals surface area (Å²) in [6.07, 6.45) is -2.84. The number of pyridine rings is 1. The monoisotopic (exact) mass is 243 g/mol. The number of halogens is 3.